The molecule has 2 heterocycles. The van der Waals surface area contributed by atoms with Crippen LogP contribution in [0.5, 0.6) is 0 Å². The Kier molecular flexibility index (Phi) is 5.60. The highest BCUT2D eigenvalue weighted by molar-refractivity contribution is 7.12. The first-order valence-corrected chi connectivity index (χ1v) is 7.89. The van der Waals surface area contributed by atoms with Crippen LogP contribution < -0.4 is 10.6 Å². The first-order valence-electron chi connectivity index (χ1n) is 7.01. The molecule has 0 unspecified atom stereocenters. The number of rotatable bonds is 6. The molecule has 0 aromatic carbocycles. The van der Waals surface area contributed by atoms with E-state index < -0.39 is 0 Å². The standard InChI is InChI=1S/C15H18N4O2S/c1-10(2)3-5-18-15(21)13-11(4-8-22-13)19-14(20)12-9-16-6-7-17-12/h4,6-10H,3,5H2,1-2H3,(H,18,21)(H,19,20). The van der Waals surface area contributed by atoms with Crippen LogP contribution in [0.1, 0.15) is 40.4 Å². The molecule has 7 heteroatoms. The van der Waals surface area contributed by atoms with Gasteiger partial charge in [-0.2, -0.15) is 0 Å². The van der Waals surface area contributed by atoms with E-state index in [1.807, 2.05) is 0 Å². The maximum absolute atomic E-state index is 12.1. The molecule has 2 N–H and O–H groups in total. The summed E-state index contributed by atoms with van der Waals surface area (Å²) in [4.78, 5) is 32.5. The van der Waals surface area contributed by atoms with Crippen LogP contribution in [0.15, 0.2) is 30.0 Å². The Labute approximate surface area is 133 Å². The maximum Gasteiger partial charge on any atom is 0.275 e. The molecule has 0 spiro atoms. The summed E-state index contributed by atoms with van der Waals surface area (Å²) in [6, 6.07) is 1.70. The van der Waals surface area contributed by atoms with Crippen LogP contribution in [0, 0.1) is 5.92 Å². The van der Waals surface area contributed by atoms with Gasteiger partial charge in [0.1, 0.15) is 10.6 Å². The number of hydrogen-bond acceptors (Lipinski definition) is 5. The molecule has 0 aliphatic rings. The molecular weight excluding hydrogens is 300 g/mol. The highest BCUT2D eigenvalue weighted by Crippen LogP contribution is 2.22. The van der Waals surface area contributed by atoms with Crippen molar-refractivity contribution < 1.29 is 9.59 Å². The van der Waals surface area contributed by atoms with Gasteiger partial charge in [-0.05, 0) is 23.8 Å². The number of thiophene rings is 1. The summed E-state index contributed by atoms with van der Waals surface area (Å²) in [7, 11) is 0. The Balaban J connectivity index is 2.00. The van der Waals surface area contributed by atoms with Crippen molar-refractivity contribution in [3.05, 3.63) is 40.6 Å². The highest BCUT2D eigenvalue weighted by Gasteiger charge is 2.16. The van der Waals surface area contributed by atoms with Gasteiger partial charge >= 0.3 is 0 Å². The zero-order valence-electron chi connectivity index (χ0n) is 12.5. The first-order chi connectivity index (χ1) is 10.6. The van der Waals surface area contributed by atoms with Gasteiger partial charge in [-0.15, -0.1) is 11.3 Å². The summed E-state index contributed by atoms with van der Waals surface area (Å²) in [5.41, 5.74) is 0.697. The summed E-state index contributed by atoms with van der Waals surface area (Å²) >= 11 is 1.29. The van der Waals surface area contributed by atoms with Crippen molar-refractivity contribution in [1.82, 2.24) is 15.3 Å². The van der Waals surface area contributed by atoms with Gasteiger partial charge in [-0.25, -0.2) is 4.98 Å². The molecule has 0 aliphatic carbocycles. The van der Waals surface area contributed by atoms with Crippen molar-refractivity contribution in [3.63, 3.8) is 0 Å². The van der Waals surface area contributed by atoms with Crippen molar-refractivity contribution in [2.75, 3.05) is 11.9 Å². The summed E-state index contributed by atoms with van der Waals surface area (Å²) < 4.78 is 0. The topological polar surface area (TPSA) is 84.0 Å². The lowest BCUT2D eigenvalue weighted by Gasteiger charge is -2.08. The number of nitrogens with zero attached hydrogens (tertiary/aromatic N) is 2. The van der Waals surface area contributed by atoms with Gasteiger partial charge < -0.3 is 10.6 Å². The van der Waals surface area contributed by atoms with E-state index >= 15 is 0 Å². The van der Waals surface area contributed by atoms with E-state index in [1.54, 1.807) is 11.4 Å². The average molecular weight is 318 g/mol. The molecule has 0 atom stereocenters. The van der Waals surface area contributed by atoms with Gasteiger partial charge in [-0.3, -0.25) is 14.6 Å². The molecule has 2 amide bonds. The Morgan fingerprint density at radius 3 is 2.77 bits per heavy atom. The molecule has 116 valence electrons. The largest absolute Gasteiger partial charge is 0.351 e. The van der Waals surface area contributed by atoms with Crippen LogP contribution in [-0.2, 0) is 0 Å². The van der Waals surface area contributed by atoms with E-state index in [-0.39, 0.29) is 17.5 Å². The van der Waals surface area contributed by atoms with Crippen molar-refractivity contribution in [2.45, 2.75) is 20.3 Å². The molecule has 0 radical (unpaired) electrons. The fraction of sp³-hybridized carbons (Fsp3) is 0.333. The molecule has 0 saturated heterocycles. The van der Waals surface area contributed by atoms with Crippen LogP contribution in [0.4, 0.5) is 5.69 Å². The molecule has 2 aromatic rings. The third kappa shape index (κ3) is 4.36. The Bertz CT molecular complexity index is 640. The fourth-order valence-corrected chi connectivity index (χ4v) is 2.51. The average Bonchev–Trinajstić information content (AvgIpc) is 2.96. The van der Waals surface area contributed by atoms with Crippen LogP contribution in [0.3, 0.4) is 0 Å². The van der Waals surface area contributed by atoms with Gasteiger partial charge in [0, 0.05) is 18.9 Å². The first kappa shape index (κ1) is 16.1. The minimum atomic E-state index is -0.386. The summed E-state index contributed by atoms with van der Waals surface area (Å²) in [6.45, 7) is 4.82. The van der Waals surface area contributed by atoms with Gasteiger partial charge in [0.25, 0.3) is 11.8 Å². The monoisotopic (exact) mass is 318 g/mol. The summed E-state index contributed by atoms with van der Waals surface area (Å²) in [5, 5.41) is 7.32. The normalized spacial score (nSPS) is 10.5. The number of carbonyl (C=O) groups is 2. The van der Waals surface area contributed by atoms with Crippen LogP contribution in [0.25, 0.3) is 0 Å². The molecule has 2 aromatic heterocycles. The quantitative estimate of drug-likeness (QED) is 0.857. The van der Waals surface area contributed by atoms with Gasteiger partial charge in [-0.1, -0.05) is 13.8 Å². The fourth-order valence-electron chi connectivity index (χ4n) is 1.74. The Hall–Kier alpha value is -2.28. The van der Waals surface area contributed by atoms with E-state index in [2.05, 4.69) is 34.4 Å². The van der Waals surface area contributed by atoms with Gasteiger partial charge in [0.2, 0.25) is 0 Å². The van der Waals surface area contributed by atoms with E-state index in [1.165, 1.54) is 29.9 Å². The van der Waals surface area contributed by atoms with Crippen molar-refractivity contribution in [2.24, 2.45) is 5.92 Å². The lowest BCUT2D eigenvalue weighted by molar-refractivity contribution is 0.0957. The van der Waals surface area contributed by atoms with Gasteiger partial charge in [0.15, 0.2) is 0 Å². The highest BCUT2D eigenvalue weighted by atomic mass is 32.1. The van der Waals surface area contributed by atoms with Crippen molar-refractivity contribution in [3.8, 4) is 0 Å². The summed E-state index contributed by atoms with van der Waals surface area (Å²) in [5.74, 6) is -0.0349. The second-order valence-electron chi connectivity index (χ2n) is 5.15. The second kappa shape index (κ2) is 7.65. The zero-order valence-corrected chi connectivity index (χ0v) is 13.3. The minimum absolute atomic E-state index is 0.176. The van der Waals surface area contributed by atoms with Crippen LogP contribution in [-0.4, -0.2) is 28.3 Å². The lowest BCUT2D eigenvalue weighted by atomic mass is 10.1. The third-order valence-corrected chi connectivity index (χ3v) is 3.84. The molecule has 22 heavy (non-hydrogen) atoms. The number of anilines is 1. The predicted octanol–water partition coefficient (Wildman–Crippen LogP) is 2.57. The number of aromatic nitrogens is 2. The Morgan fingerprint density at radius 1 is 1.27 bits per heavy atom. The molecule has 0 aliphatic heterocycles. The number of nitrogens with one attached hydrogen (secondary N) is 2. The molecule has 0 saturated carbocycles. The molecule has 0 fully saturated rings. The Morgan fingerprint density at radius 2 is 2.09 bits per heavy atom. The van der Waals surface area contributed by atoms with Gasteiger partial charge in [0.05, 0.1) is 11.9 Å². The van der Waals surface area contributed by atoms with E-state index in [0.717, 1.165) is 6.42 Å². The number of amides is 2. The number of hydrogen-bond donors (Lipinski definition) is 2. The van der Waals surface area contributed by atoms with E-state index in [4.69, 9.17) is 0 Å². The predicted molar refractivity (Wildman–Crippen MR) is 86.1 cm³/mol. The second-order valence-corrected chi connectivity index (χ2v) is 6.06. The van der Waals surface area contributed by atoms with Crippen LogP contribution >= 0.6 is 11.3 Å². The lowest BCUT2D eigenvalue weighted by Crippen LogP contribution is -2.26. The maximum atomic E-state index is 12.1. The summed E-state index contributed by atoms with van der Waals surface area (Å²) in [6.07, 6.45) is 5.24. The zero-order chi connectivity index (χ0) is 15.9. The minimum Gasteiger partial charge on any atom is -0.351 e. The smallest absolute Gasteiger partial charge is 0.275 e. The SMILES string of the molecule is CC(C)CCNC(=O)c1sccc1NC(=O)c1cnccn1. The van der Waals surface area contributed by atoms with E-state index in [0.29, 0.717) is 23.0 Å². The van der Waals surface area contributed by atoms with E-state index in [9.17, 15) is 9.59 Å². The number of carbonyl (C=O) groups excluding carboxylic acids is 2. The molecule has 0 bridgehead atoms. The van der Waals surface area contributed by atoms with Crippen molar-refractivity contribution >= 4 is 28.8 Å². The molecule has 6 nitrogen and oxygen atoms in total. The third-order valence-electron chi connectivity index (χ3n) is 2.92. The van der Waals surface area contributed by atoms with Crippen molar-refractivity contribution in [1.29, 1.82) is 0 Å². The molecular formula is C15H18N4O2S. The van der Waals surface area contributed by atoms with Crippen LogP contribution in [0.2, 0.25) is 0 Å². The molecule has 2 rings (SSSR count).